The third kappa shape index (κ3) is 3.99. The van der Waals surface area contributed by atoms with Gasteiger partial charge in [0.05, 0.1) is 30.8 Å². The lowest BCUT2D eigenvalue weighted by atomic mass is 9.72. The topological polar surface area (TPSA) is 82.6 Å². The molecule has 1 fully saturated rings. The molecule has 174 valence electrons. The molecule has 0 radical (unpaired) electrons. The highest BCUT2D eigenvalue weighted by atomic mass is 35.5. The predicted octanol–water partition coefficient (Wildman–Crippen LogP) is 4.73. The minimum atomic E-state index is -0.633. The predicted molar refractivity (Wildman–Crippen MR) is 131 cm³/mol. The van der Waals surface area contributed by atoms with Gasteiger partial charge in [0, 0.05) is 40.8 Å². The zero-order valence-corrected chi connectivity index (χ0v) is 20.0. The summed E-state index contributed by atoms with van der Waals surface area (Å²) in [6.07, 6.45) is 0.990. The first-order valence-corrected chi connectivity index (χ1v) is 12.0. The number of nitrogens with two attached hydrogens (primary N) is 1. The second-order valence-electron chi connectivity index (χ2n) is 8.69. The number of ketones is 1. The molecule has 2 atom stereocenters. The zero-order chi connectivity index (χ0) is 23.8. The summed E-state index contributed by atoms with van der Waals surface area (Å²) in [5.74, 6) is -0.273. The molecular formula is C26H24Cl2N4O2. The van der Waals surface area contributed by atoms with E-state index >= 15 is 0 Å². The molecule has 0 saturated carbocycles. The quantitative estimate of drug-likeness (QED) is 0.663. The second kappa shape index (κ2) is 9.44. The van der Waals surface area contributed by atoms with Gasteiger partial charge in [0.1, 0.15) is 5.82 Å². The minimum absolute atomic E-state index is 0.00429. The number of hydrazine groups is 1. The van der Waals surface area contributed by atoms with Gasteiger partial charge in [0.25, 0.3) is 0 Å². The van der Waals surface area contributed by atoms with Crippen LogP contribution in [0.15, 0.2) is 71.2 Å². The van der Waals surface area contributed by atoms with E-state index in [-0.39, 0.29) is 11.7 Å². The van der Waals surface area contributed by atoms with E-state index in [0.29, 0.717) is 71.7 Å². The number of nitriles is 1. The number of carbonyl (C=O) groups excluding carboxylic acids is 1. The molecule has 2 aromatic carbocycles. The fraction of sp³-hybridized carbons (Fsp3) is 0.308. The molecule has 2 N–H and O–H groups in total. The third-order valence-corrected chi connectivity index (χ3v) is 7.32. The molecule has 0 spiro atoms. The van der Waals surface area contributed by atoms with E-state index in [4.69, 9.17) is 33.7 Å². The van der Waals surface area contributed by atoms with Crippen molar-refractivity contribution >= 4 is 29.0 Å². The number of allylic oxidation sites excluding steroid dienone is 3. The van der Waals surface area contributed by atoms with E-state index < -0.39 is 5.92 Å². The Morgan fingerprint density at radius 1 is 1.06 bits per heavy atom. The minimum Gasteiger partial charge on any atom is -0.383 e. The Morgan fingerprint density at radius 2 is 1.79 bits per heavy atom. The van der Waals surface area contributed by atoms with Crippen molar-refractivity contribution in [1.82, 2.24) is 10.0 Å². The molecule has 2 heterocycles. The number of ether oxygens (including phenoxy) is 1. The van der Waals surface area contributed by atoms with Gasteiger partial charge in [-0.15, -0.1) is 0 Å². The van der Waals surface area contributed by atoms with Crippen molar-refractivity contribution in [3.05, 3.63) is 92.4 Å². The molecule has 2 aliphatic heterocycles. The Kier molecular flexibility index (Phi) is 6.37. The van der Waals surface area contributed by atoms with Crippen LogP contribution in [0.25, 0.3) is 0 Å². The molecule has 6 nitrogen and oxygen atoms in total. The lowest BCUT2D eigenvalue weighted by Gasteiger charge is -2.47. The van der Waals surface area contributed by atoms with Crippen LogP contribution in [0.3, 0.4) is 0 Å². The highest BCUT2D eigenvalue weighted by Crippen LogP contribution is 2.49. The molecule has 0 amide bonds. The summed E-state index contributed by atoms with van der Waals surface area (Å²) >= 11 is 12.7. The van der Waals surface area contributed by atoms with E-state index in [2.05, 4.69) is 23.2 Å². The summed E-state index contributed by atoms with van der Waals surface area (Å²) in [6, 6.07) is 17.5. The molecule has 1 saturated heterocycles. The monoisotopic (exact) mass is 494 g/mol. The summed E-state index contributed by atoms with van der Waals surface area (Å²) in [7, 11) is 0. The van der Waals surface area contributed by atoms with Crippen molar-refractivity contribution in [2.75, 3.05) is 26.3 Å². The highest BCUT2D eigenvalue weighted by molar-refractivity contribution is 6.35. The highest BCUT2D eigenvalue weighted by Gasteiger charge is 2.44. The summed E-state index contributed by atoms with van der Waals surface area (Å²) in [5, 5.41) is 15.1. The molecule has 8 heteroatoms. The third-order valence-electron chi connectivity index (χ3n) is 6.76. The maximum atomic E-state index is 13.8. The van der Waals surface area contributed by atoms with Gasteiger partial charge in [-0.2, -0.15) is 5.26 Å². The second-order valence-corrected chi connectivity index (χ2v) is 9.53. The lowest BCUT2D eigenvalue weighted by molar-refractivity contribution is -0.117. The van der Waals surface area contributed by atoms with Gasteiger partial charge in [-0.1, -0.05) is 59.6 Å². The lowest BCUT2D eigenvalue weighted by Crippen LogP contribution is -2.52. The van der Waals surface area contributed by atoms with Crippen LogP contribution in [-0.4, -0.2) is 42.1 Å². The number of benzene rings is 2. The normalized spacial score (nSPS) is 23.7. The van der Waals surface area contributed by atoms with Gasteiger partial charge in [-0.25, -0.2) is 5.01 Å². The Bertz CT molecular complexity index is 1230. The number of hydrogen-bond acceptors (Lipinski definition) is 6. The Labute approximate surface area is 208 Å². The van der Waals surface area contributed by atoms with E-state index in [0.717, 1.165) is 11.3 Å². The molecule has 1 aliphatic carbocycles. The van der Waals surface area contributed by atoms with E-state index in [9.17, 15) is 10.1 Å². The van der Waals surface area contributed by atoms with Crippen LogP contribution in [0.1, 0.15) is 35.8 Å². The van der Waals surface area contributed by atoms with E-state index in [1.165, 1.54) is 0 Å². The Balaban J connectivity index is 1.69. The van der Waals surface area contributed by atoms with Crippen LogP contribution in [0.2, 0.25) is 10.0 Å². The van der Waals surface area contributed by atoms with Crippen molar-refractivity contribution < 1.29 is 9.53 Å². The Hall–Kier alpha value is -2.82. The number of carbonyl (C=O) groups is 1. The first-order chi connectivity index (χ1) is 16.5. The molecule has 0 unspecified atom stereocenters. The van der Waals surface area contributed by atoms with Gasteiger partial charge < -0.3 is 10.5 Å². The standard InChI is InChI=1S/C26H24Cl2N4O2/c27-18-6-7-19(21(28)14-18)24-20(15-29)26(30)32(31-8-10-34-11-9-31)22-12-17(13-23(33)25(22)24)16-4-2-1-3-5-16/h1-7,14,17,24H,8-13,30H2/t17-,24-/m1/s1. The van der Waals surface area contributed by atoms with Crippen LogP contribution in [-0.2, 0) is 9.53 Å². The molecule has 0 bridgehead atoms. The number of hydrogen-bond donors (Lipinski definition) is 1. The van der Waals surface area contributed by atoms with Crippen LogP contribution in [0.5, 0.6) is 0 Å². The largest absolute Gasteiger partial charge is 0.383 e. The maximum absolute atomic E-state index is 13.8. The molecule has 0 aromatic heterocycles. The summed E-state index contributed by atoms with van der Waals surface area (Å²) in [4.78, 5) is 13.8. The van der Waals surface area contributed by atoms with Crippen LogP contribution in [0.4, 0.5) is 0 Å². The fourth-order valence-corrected chi connectivity index (χ4v) is 5.71. The van der Waals surface area contributed by atoms with Crippen molar-refractivity contribution in [2.45, 2.75) is 24.7 Å². The maximum Gasteiger partial charge on any atom is 0.162 e. The molecule has 34 heavy (non-hydrogen) atoms. The number of morpholine rings is 1. The zero-order valence-electron chi connectivity index (χ0n) is 18.5. The fourth-order valence-electron chi connectivity index (χ4n) is 5.20. The van der Waals surface area contributed by atoms with Crippen molar-refractivity contribution in [1.29, 1.82) is 5.26 Å². The van der Waals surface area contributed by atoms with Gasteiger partial charge in [0.2, 0.25) is 0 Å². The first-order valence-electron chi connectivity index (χ1n) is 11.3. The average molecular weight is 495 g/mol. The number of rotatable bonds is 3. The number of Topliss-reactive ketones (excluding diaryl/α,β-unsaturated/α-hetero) is 1. The van der Waals surface area contributed by atoms with Gasteiger partial charge in [-0.3, -0.25) is 9.80 Å². The summed E-state index contributed by atoms with van der Waals surface area (Å²) in [6.45, 7) is 2.34. The first kappa shape index (κ1) is 22.9. The van der Waals surface area contributed by atoms with Crippen LogP contribution >= 0.6 is 23.2 Å². The smallest absolute Gasteiger partial charge is 0.162 e. The van der Waals surface area contributed by atoms with Crippen molar-refractivity contribution in [3.63, 3.8) is 0 Å². The average Bonchev–Trinajstić information content (AvgIpc) is 2.84. The number of halogens is 2. The SMILES string of the molecule is N#CC1=C(N)N(N2CCOCC2)C2=C(C(=O)C[C@H](c3ccccc3)C2)[C@@H]1c1ccc(Cl)cc1Cl. The number of nitrogens with zero attached hydrogens (tertiary/aromatic N) is 3. The van der Waals surface area contributed by atoms with Gasteiger partial charge in [-0.05, 0) is 35.6 Å². The van der Waals surface area contributed by atoms with Gasteiger partial charge >= 0.3 is 0 Å². The van der Waals surface area contributed by atoms with E-state index in [1.807, 2.05) is 23.2 Å². The van der Waals surface area contributed by atoms with Crippen LogP contribution in [0, 0.1) is 11.3 Å². The Morgan fingerprint density at radius 3 is 2.47 bits per heavy atom. The molecular weight excluding hydrogens is 471 g/mol. The van der Waals surface area contributed by atoms with E-state index in [1.54, 1.807) is 18.2 Å². The summed E-state index contributed by atoms with van der Waals surface area (Å²) in [5.41, 5.74) is 10.2. The van der Waals surface area contributed by atoms with Crippen molar-refractivity contribution in [2.24, 2.45) is 5.73 Å². The van der Waals surface area contributed by atoms with Crippen LogP contribution < -0.4 is 5.73 Å². The molecule has 3 aliphatic rings. The molecule has 2 aromatic rings. The summed E-state index contributed by atoms with van der Waals surface area (Å²) < 4.78 is 5.54. The van der Waals surface area contributed by atoms with Gasteiger partial charge in [0.15, 0.2) is 5.78 Å². The van der Waals surface area contributed by atoms with Crippen molar-refractivity contribution in [3.8, 4) is 6.07 Å². The molecule has 5 rings (SSSR count).